The van der Waals surface area contributed by atoms with E-state index < -0.39 is 10.3 Å². The molecule has 0 aliphatic rings. The Labute approximate surface area is 190 Å². The van der Waals surface area contributed by atoms with Crippen molar-refractivity contribution in [3.05, 3.63) is 80.8 Å². The highest BCUT2D eigenvalue weighted by Gasteiger charge is 2.19. The Kier molecular flexibility index (Phi) is 7.66. The third kappa shape index (κ3) is 7.32. The van der Waals surface area contributed by atoms with Gasteiger partial charge < -0.3 is 5.32 Å². The molecule has 3 N–H and O–H groups in total. The van der Waals surface area contributed by atoms with Gasteiger partial charge in [-0.2, -0.15) is 8.42 Å². The molecule has 163 valence electrons. The molecule has 31 heavy (non-hydrogen) atoms. The van der Waals surface area contributed by atoms with Crippen LogP contribution in [0.3, 0.4) is 0 Å². The van der Waals surface area contributed by atoms with Gasteiger partial charge in [-0.3, -0.25) is 14.1 Å². The van der Waals surface area contributed by atoms with Crippen molar-refractivity contribution in [2.45, 2.75) is 32.2 Å². The third-order valence-electron chi connectivity index (χ3n) is 4.37. The van der Waals surface area contributed by atoms with E-state index in [-0.39, 0.29) is 24.1 Å². The fourth-order valence-electron chi connectivity index (χ4n) is 2.94. The molecule has 0 saturated carbocycles. The first kappa shape index (κ1) is 23.2. The molecule has 1 unspecified atom stereocenters. The summed E-state index contributed by atoms with van der Waals surface area (Å²) in [5, 5.41) is 6.36. The van der Waals surface area contributed by atoms with Crippen molar-refractivity contribution < 1.29 is 17.8 Å². The first-order chi connectivity index (χ1) is 14.7. The zero-order valence-corrected chi connectivity index (χ0v) is 19.0. The summed E-state index contributed by atoms with van der Waals surface area (Å²) in [6.45, 7) is 2.01. The van der Waals surface area contributed by atoms with Gasteiger partial charge in [-0.1, -0.05) is 36.7 Å². The lowest BCUT2D eigenvalue weighted by Gasteiger charge is -2.17. The van der Waals surface area contributed by atoms with Crippen molar-refractivity contribution in [3.63, 3.8) is 0 Å². The Hall–Kier alpha value is -2.46. The quantitative estimate of drug-likeness (QED) is 0.402. The molecule has 2 aromatic carbocycles. The van der Waals surface area contributed by atoms with Crippen LogP contribution < -0.4 is 10.0 Å². The number of thiazole rings is 1. The number of aryl methyl sites for hydroxylation is 1. The molecule has 1 atom stereocenters. The number of carbonyl (C=O) groups excluding carboxylic acids is 1. The Morgan fingerprint density at radius 3 is 2.74 bits per heavy atom. The number of nitrogens with zero attached hydrogens (tertiary/aromatic N) is 1. The summed E-state index contributed by atoms with van der Waals surface area (Å²) < 4.78 is 32.7. The highest BCUT2D eigenvalue weighted by molar-refractivity contribution is 7.87. The van der Waals surface area contributed by atoms with Gasteiger partial charge in [0.25, 0.3) is 0 Å². The SMILES string of the molecule is CCc1csc(C(Cc2[c]cc(NS(=O)(=O)O)cc2)NC(=O)Cc2cccc(Cl)c2)n1. The molecule has 0 bridgehead atoms. The molecular formula is C21H21ClN3O4S2. The second kappa shape index (κ2) is 10.2. The Morgan fingerprint density at radius 2 is 2.13 bits per heavy atom. The fourth-order valence-corrected chi connectivity index (χ4v) is 4.53. The number of nitrogens with one attached hydrogen (secondary N) is 2. The maximum atomic E-state index is 12.7. The average Bonchev–Trinajstić information content (AvgIpc) is 3.17. The number of amides is 1. The number of hydrogen-bond donors (Lipinski definition) is 3. The van der Waals surface area contributed by atoms with Gasteiger partial charge in [0.15, 0.2) is 0 Å². The molecule has 7 nitrogen and oxygen atoms in total. The van der Waals surface area contributed by atoms with Crippen LogP contribution in [0.15, 0.2) is 47.8 Å². The highest BCUT2D eigenvalue weighted by Crippen LogP contribution is 2.24. The molecule has 0 spiro atoms. The van der Waals surface area contributed by atoms with Crippen molar-refractivity contribution in [2.24, 2.45) is 0 Å². The molecule has 0 aliphatic carbocycles. The van der Waals surface area contributed by atoms with E-state index in [9.17, 15) is 13.2 Å². The molecule has 3 rings (SSSR count). The van der Waals surface area contributed by atoms with Gasteiger partial charge in [0.2, 0.25) is 5.91 Å². The van der Waals surface area contributed by atoms with Gasteiger partial charge in [-0.25, -0.2) is 4.98 Å². The maximum Gasteiger partial charge on any atom is 0.357 e. The second-order valence-electron chi connectivity index (χ2n) is 6.84. The molecule has 1 aromatic heterocycles. The summed E-state index contributed by atoms with van der Waals surface area (Å²) in [5.41, 5.74) is 2.70. The number of carbonyl (C=O) groups is 1. The molecule has 0 fully saturated rings. The highest BCUT2D eigenvalue weighted by atomic mass is 35.5. The second-order valence-corrected chi connectivity index (χ2v) is 9.32. The van der Waals surface area contributed by atoms with Gasteiger partial charge in [-0.05, 0) is 54.3 Å². The molecular weight excluding hydrogens is 458 g/mol. The van der Waals surface area contributed by atoms with Crippen LogP contribution in [0.5, 0.6) is 0 Å². The molecule has 0 saturated heterocycles. The third-order valence-corrected chi connectivity index (χ3v) is 6.10. The Morgan fingerprint density at radius 1 is 1.32 bits per heavy atom. The van der Waals surface area contributed by atoms with Gasteiger partial charge in [0.1, 0.15) is 5.01 Å². The smallest absolute Gasteiger partial charge is 0.346 e. The van der Waals surface area contributed by atoms with E-state index in [1.165, 1.54) is 23.5 Å². The first-order valence-electron chi connectivity index (χ1n) is 9.46. The van der Waals surface area contributed by atoms with Crippen LogP contribution in [0.25, 0.3) is 0 Å². The molecule has 0 aliphatic heterocycles. The van der Waals surface area contributed by atoms with E-state index in [2.05, 4.69) is 16.4 Å². The maximum absolute atomic E-state index is 12.7. The summed E-state index contributed by atoms with van der Waals surface area (Å²) in [7, 11) is -4.35. The van der Waals surface area contributed by atoms with Crippen LogP contribution in [0.4, 0.5) is 5.69 Å². The van der Waals surface area contributed by atoms with Gasteiger partial charge in [0, 0.05) is 10.4 Å². The average molecular weight is 479 g/mol. The molecule has 1 amide bonds. The van der Waals surface area contributed by atoms with Gasteiger partial charge >= 0.3 is 10.3 Å². The predicted molar refractivity (Wildman–Crippen MR) is 122 cm³/mol. The van der Waals surface area contributed by atoms with Crippen molar-refractivity contribution in [3.8, 4) is 0 Å². The summed E-state index contributed by atoms with van der Waals surface area (Å²) in [6, 6.07) is 14.4. The fraction of sp³-hybridized carbons (Fsp3) is 0.238. The monoisotopic (exact) mass is 478 g/mol. The number of hydrogen-bond acceptors (Lipinski definition) is 5. The summed E-state index contributed by atoms with van der Waals surface area (Å²) in [5.74, 6) is -0.162. The summed E-state index contributed by atoms with van der Waals surface area (Å²) in [6.07, 6.45) is 1.40. The normalized spacial score (nSPS) is 12.4. The van der Waals surface area contributed by atoms with Crippen LogP contribution in [0.2, 0.25) is 5.02 Å². The van der Waals surface area contributed by atoms with Crippen LogP contribution in [0.1, 0.15) is 34.8 Å². The molecule has 10 heteroatoms. The van der Waals surface area contributed by atoms with E-state index in [1.54, 1.807) is 24.3 Å². The van der Waals surface area contributed by atoms with E-state index in [1.807, 2.05) is 23.1 Å². The van der Waals surface area contributed by atoms with Gasteiger partial charge in [-0.15, -0.1) is 11.3 Å². The largest absolute Gasteiger partial charge is 0.357 e. The van der Waals surface area contributed by atoms with Crippen LogP contribution >= 0.6 is 22.9 Å². The van der Waals surface area contributed by atoms with Crippen LogP contribution in [0, 0.1) is 6.07 Å². The van der Waals surface area contributed by atoms with Crippen molar-refractivity contribution in [2.75, 3.05) is 4.72 Å². The van der Waals surface area contributed by atoms with Gasteiger partial charge in [0.05, 0.1) is 23.8 Å². The first-order valence-corrected chi connectivity index (χ1v) is 12.2. The Bertz CT molecular complexity index is 1150. The van der Waals surface area contributed by atoms with Crippen molar-refractivity contribution >= 4 is 44.8 Å². The molecule has 1 radical (unpaired) electrons. The number of anilines is 1. The topological polar surface area (TPSA) is 108 Å². The standard InChI is InChI=1S/C21H21ClN3O4S2/c1-2-17-13-30-21(23-17)19(24-20(26)12-15-4-3-5-16(22)10-15)11-14-6-8-18(9-7-14)25-31(27,28)29/h3-6,8-10,13,19,25H,2,11-12H2,1H3,(H,24,26)(H,27,28,29). The van der Waals surface area contributed by atoms with Crippen LogP contribution in [-0.4, -0.2) is 23.9 Å². The number of benzene rings is 2. The van der Waals surface area contributed by atoms with E-state index in [0.29, 0.717) is 11.4 Å². The van der Waals surface area contributed by atoms with E-state index in [4.69, 9.17) is 16.2 Å². The molecule has 3 aromatic rings. The zero-order chi connectivity index (χ0) is 22.4. The van der Waals surface area contributed by atoms with Crippen LogP contribution in [-0.2, 0) is 34.4 Å². The lowest BCUT2D eigenvalue weighted by molar-refractivity contribution is -0.121. The summed E-state index contributed by atoms with van der Waals surface area (Å²) >= 11 is 7.48. The van der Waals surface area contributed by atoms with E-state index in [0.717, 1.165) is 28.2 Å². The summed E-state index contributed by atoms with van der Waals surface area (Å²) in [4.78, 5) is 17.3. The van der Waals surface area contributed by atoms with Crippen molar-refractivity contribution in [1.29, 1.82) is 0 Å². The number of halogens is 1. The van der Waals surface area contributed by atoms with Crippen molar-refractivity contribution in [1.82, 2.24) is 10.3 Å². The number of rotatable bonds is 9. The predicted octanol–water partition coefficient (Wildman–Crippen LogP) is 4.02. The minimum absolute atomic E-state index is 0.162. The molecule has 1 heterocycles. The lowest BCUT2D eigenvalue weighted by Crippen LogP contribution is -2.31. The Balaban J connectivity index is 1.75. The number of aromatic nitrogens is 1. The minimum Gasteiger partial charge on any atom is -0.346 e. The lowest BCUT2D eigenvalue weighted by atomic mass is 10.0. The van der Waals surface area contributed by atoms with E-state index >= 15 is 0 Å². The minimum atomic E-state index is -4.35. The zero-order valence-electron chi connectivity index (χ0n) is 16.6.